The summed E-state index contributed by atoms with van der Waals surface area (Å²) >= 11 is 0. The van der Waals surface area contributed by atoms with Gasteiger partial charge in [0.2, 0.25) is 5.89 Å². The van der Waals surface area contributed by atoms with Gasteiger partial charge in [-0.2, -0.15) is 4.98 Å². The van der Waals surface area contributed by atoms with E-state index in [1.807, 2.05) is 13.0 Å². The Morgan fingerprint density at radius 3 is 2.87 bits per heavy atom. The van der Waals surface area contributed by atoms with E-state index in [9.17, 15) is 4.39 Å². The first-order chi connectivity index (χ1) is 11.1. The van der Waals surface area contributed by atoms with Crippen molar-refractivity contribution in [2.24, 2.45) is 0 Å². The third-order valence-corrected chi connectivity index (χ3v) is 4.18. The maximum absolute atomic E-state index is 13.8. The lowest BCUT2D eigenvalue weighted by molar-refractivity contribution is 0.0714. The van der Waals surface area contributed by atoms with Crippen molar-refractivity contribution in [1.29, 1.82) is 0 Å². The summed E-state index contributed by atoms with van der Waals surface area (Å²) in [6.07, 6.45) is 0. The Morgan fingerprint density at radius 2 is 2.22 bits per heavy atom. The molecular weight excluding hydrogens is 299 g/mol. The van der Waals surface area contributed by atoms with Crippen LogP contribution in [0.3, 0.4) is 0 Å². The molecule has 2 aromatic rings. The minimum atomic E-state index is -0.330. The number of likely N-dealkylation sites (N-methyl/N-ethyl adjacent to an activating group) is 1. The highest BCUT2D eigenvalue weighted by Crippen LogP contribution is 2.25. The Morgan fingerprint density at radius 1 is 1.39 bits per heavy atom. The van der Waals surface area contributed by atoms with Gasteiger partial charge >= 0.3 is 0 Å². The monoisotopic (exact) mass is 320 g/mol. The fourth-order valence-electron chi connectivity index (χ4n) is 2.86. The molecule has 1 fully saturated rings. The van der Waals surface area contributed by atoms with Crippen molar-refractivity contribution < 1.29 is 13.7 Å². The van der Waals surface area contributed by atoms with Gasteiger partial charge in [-0.05, 0) is 31.7 Å². The van der Waals surface area contributed by atoms with Gasteiger partial charge in [-0.3, -0.25) is 9.80 Å². The summed E-state index contributed by atoms with van der Waals surface area (Å²) < 4.78 is 24.1. The Kier molecular flexibility index (Phi) is 4.58. The largest absolute Gasteiger partial charge is 0.494 e. The Bertz CT molecular complexity index is 676. The number of piperazine rings is 1. The van der Waals surface area contributed by atoms with Crippen LogP contribution in [0.25, 0.3) is 0 Å². The van der Waals surface area contributed by atoms with E-state index in [-0.39, 0.29) is 17.6 Å². The number of methoxy groups -OCH3 is 1. The summed E-state index contributed by atoms with van der Waals surface area (Å²) in [7, 11) is 3.52. The molecule has 1 aliphatic rings. The number of hydrogen-bond donors (Lipinski definition) is 0. The maximum Gasteiger partial charge on any atom is 0.245 e. The van der Waals surface area contributed by atoms with Crippen LogP contribution in [0.2, 0.25) is 0 Å². The average Bonchev–Trinajstić information content (AvgIpc) is 2.96. The van der Waals surface area contributed by atoms with E-state index in [1.54, 1.807) is 6.07 Å². The summed E-state index contributed by atoms with van der Waals surface area (Å²) in [5.74, 6) is 1.22. The zero-order valence-electron chi connectivity index (χ0n) is 13.6. The van der Waals surface area contributed by atoms with Crippen LogP contribution >= 0.6 is 0 Å². The van der Waals surface area contributed by atoms with Gasteiger partial charge in [0.25, 0.3) is 0 Å². The molecule has 1 aliphatic heterocycles. The van der Waals surface area contributed by atoms with Crippen molar-refractivity contribution >= 4 is 0 Å². The number of nitrogens with zero attached hydrogens (tertiary/aromatic N) is 4. The molecular formula is C16H21FN4O2. The summed E-state index contributed by atoms with van der Waals surface area (Å²) in [5, 5.41) is 3.87. The van der Waals surface area contributed by atoms with E-state index in [4.69, 9.17) is 9.26 Å². The zero-order chi connectivity index (χ0) is 16.4. The second-order valence-electron chi connectivity index (χ2n) is 5.88. The lowest BCUT2D eigenvalue weighted by Gasteiger charge is -2.37. The molecule has 1 saturated heterocycles. The number of hydrogen-bond acceptors (Lipinski definition) is 6. The summed E-state index contributed by atoms with van der Waals surface area (Å²) in [6.45, 7) is 5.07. The lowest BCUT2D eigenvalue weighted by atomic mass is 10.1. The Labute approximate surface area is 134 Å². The highest BCUT2D eigenvalue weighted by molar-refractivity contribution is 5.29. The quantitative estimate of drug-likeness (QED) is 0.859. The van der Waals surface area contributed by atoms with Gasteiger partial charge < -0.3 is 9.26 Å². The number of benzene rings is 1. The van der Waals surface area contributed by atoms with Crippen molar-refractivity contribution in [2.75, 3.05) is 33.8 Å². The standard InChI is InChI=1S/C16H21FN4O2/c1-11-18-16(23-19-11)14-10-21(7-6-20(14)2)9-12-4-5-15(22-3)13(17)8-12/h4-5,8,14H,6-7,9-10H2,1-3H3. The van der Waals surface area contributed by atoms with Crippen LogP contribution in [0.1, 0.15) is 23.3 Å². The molecule has 124 valence electrons. The third-order valence-electron chi connectivity index (χ3n) is 4.18. The molecule has 1 aromatic heterocycles. The number of aryl methyl sites for hydroxylation is 1. The van der Waals surface area contributed by atoms with Crippen LogP contribution in [0.15, 0.2) is 22.7 Å². The molecule has 3 rings (SSSR count). The molecule has 1 atom stereocenters. The molecule has 2 heterocycles. The molecule has 0 N–H and O–H groups in total. The molecule has 0 amide bonds. The predicted molar refractivity (Wildman–Crippen MR) is 82.6 cm³/mol. The molecule has 0 saturated carbocycles. The smallest absolute Gasteiger partial charge is 0.245 e. The highest BCUT2D eigenvalue weighted by atomic mass is 19.1. The third kappa shape index (κ3) is 3.51. The molecule has 6 nitrogen and oxygen atoms in total. The zero-order valence-corrected chi connectivity index (χ0v) is 13.6. The molecule has 0 aliphatic carbocycles. The van der Waals surface area contributed by atoms with Crippen molar-refractivity contribution in [3.8, 4) is 5.75 Å². The first kappa shape index (κ1) is 15.9. The van der Waals surface area contributed by atoms with Crippen LogP contribution in [0.5, 0.6) is 5.75 Å². The van der Waals surface area contributed by atoms with Crippen molar-refractivity contribution in [1.82, 2.24) is 19.9 Å². The molecule has 7 heteroatoms. The van der Waals surface area contributed by atoms with Crippen molar-refractivity contribution in [3.05, 3.63) is 41.3 Å². The summed E-state index contributed by atoms with van der Waals surface area (Å²) in [5.41, 5.74) is 0.924. The van der Waals surface area contributed by atoms with E-state index >= 15 is 0 Å². The molecule has 0 bridgehead atoms. The van der Waals surface area contributed by atoms with E-state index in [1.165, 1.54) is 13.2 Å². The highest BCUT2D eigenvalue weighted by Gasteiger charge is 2.29. The normalized spacial score (nSPS) is 19.9. The average molecular weight is 320 g/mol. The first-order valence-electron chi connectivity index (χ1n) is 7.62. The number of aromatic nitrogens is 2. The fraction of sp³-hybridized carbons (Fsp3) is 0.500. The van der Waals surface area contributed by atoms with Gasteiger partial charge in [0, 0.05) is 26.2 Å². The van der Waals surface area contributed by atoms with E-state index in [0.717, 1.165) is 25.2 Å². The Hall–Kier alpha value is -1.99. The summed E-state index contributed by atoms with van der Waals surface area (Å²) in [4.78, 5) is 8.82. The van der Waals surface area contributed by atoms with E-state index in [0.29, 0.717) is 18.3 Å². The van der Waals surface area contributed by atoms with Gasteiger partial charge in [0.15, 0.2) is 17.4 Å². The maximum atomic E-state index is 13.8. The minimum absolute atomic E-state index is 0.0630. The topological polar surface area (TPSA) is 54.6 Å². The van der Waals surface area contributed by atoms with Crippen molar-refractivity contribution in [3.63, 3.8) is 0 Å². The van der Waals surface area contributed by atoms with Crippen LogP contribution in [-0.2, 0) is 6.54 Å². The molecule has 1 aromatic carbocycles. The van der Waals surface area contributed by atoms with Crippen LogP contribution in [-0.4, -0.2) is 53.7 Å². The molecule has 0 radical (unpaired) electrons. The second kappa shape index (κ2) is 6.64. The van der Waals surface area contributed by atoms with Gasteiger partial charge in [-0.25, -0.2) is 4.39 Å². The molecule has 23 heavy (non-hydrogen) atoms. The number of ether oxygens (including phenoxy) is 1. The van der Waals surface area contributed by atoms with Gasteiger partial charge in [0.1, 0.15) is 6.04 Å². The second-order valence-corrected chi connectivity index (χ2v) is 5.88. The van der Waals surface area contributed by atoms with E-state index in [2.05, 4.69) is 27.0 Å². The van der Waals surface area contributed by atoms with Gasteiger partial charge in [-0.1, -0.05) is 11.2 Å². The molecule has 1 unspecified atom stereocenters. The van der Waals surface area contributed by atoms with Crippen LogP contribution in [0, 0.1) is 12.7 Å². The Balaban J connectivity index is 1.70. The van der Waals surface area contributed by atoms with E-state index < -0.39 is 0 Å². The fourth-order valence-corrected chi connectivity index (χ4v) is 2.86. The predicted octanol–water partition coefficient (Wildman–Crippen LogP) is 2.01. The SMILES string of the molecule is COc1ccc(CN2CCN(C)C(c3nc(C)no3)C2)cc1F. The van der Waals surface area contributed by atoms with Gasteiger partial charge in [0.05, 0.1) is 7.11 Å². The number of halogens is 1. The summed E-state index contributed by atoms with van der Waals surface area (Å²) in [6, 6.07) is 5.15. The van der Waals surface area contributed by atoms with Crippen LogP contribution in [0.4, 0.5) is 4.39 Å². The minimum Gasteiger partial charge on any atom is -0.494 e. The van der Waals surface area contributed by atoms with Crippen LogP contribution < -0.4 is 4.74 Å². The lowest BCUT2D eigenvalue weighted by Crippen LogP contribution is -2.46. The van der Waals surface area contributed by atoms with Gasteiger partial charge in [-0.15, -0.1) is 0 Å². The first-order valence-corrected chi connectivity index (χ1v) is 7.62. The van der Waals surface area contributed by atoms with Crippen molar-refractivity contribution in [2.45, 2.75) is 19.5 Å². The number of rotatable bonds is 4. The molecule has 0 spiro atoms.